The Hall–Kier alpha value is -1.65. The van der Waals surface area contributed by atoms with Crippen LogP contribution in [0.15, 0.2) is 12.3 Å². The van der Waals surface area contributed by atoms with Gasteiger partial charge in [0, 0.05) is 38.7 Å². The largest absolute Gasteiger partial charge is 0.356 e. The van der Waals surface area contributed by atoms with Crippen LogP contribution in [-0.2, 0) is 4.79 Å². The second kappa shape index (κ2) is 5.77. The van der Waals surface area contributed by atoms with Gasteiger partial charge in [-0.05, 0) is 37.7 Å². The molecule has 1 aliphatic heterocycles. The summed E-state index contributed by atoms with van der Waals surface area (Å²) in [5.74, 6) is 3.22. The van der Waals surface area contributed by atoms with Crippen LogP contribution in [0, 0.1) is 5.92 Å². The maximum Gasteiger partial charge on any atom is 0.216 e. The summed E-state index contributed by atoms with van der Waals surface area (Å²) in [5, 5.41) is 2.93. The lowest BCUT2D eigenvalue weighted by Gasteiger charge is -2.33. The van der Waals surface area contributed by atoms with Crippen LogP contribution in [0.4, 0.5) is 5.82 Å². The zero-order valence-electron chi connectivity index (χ0n) is 12.0. The van der Waals surface area contributed by atoms with Crippen LogP contribution in [-0.4, -0.2) is 35.5 Å². The third kappa shape index (κ3) is 3.26. The Labute approximate surface area is 119 Å². The van der Waals surface area contributed by atoms with E-state index in [0.717, 1.165) is 37.7 Å². The summed E-state index contributed by atoms with van der Waals surface area (Å²) in [6.45, 7) is 4.37. The van der Waals surface area contributed by atoms with Gasteiger partial charge in [-0.2, -0.15) is 0 Å². The molecular weight excluding hydrogens is 252 g/mol. The monoisotopic (exact) mass is 274 g/mol. The van der Waals surface area contributed by atoms with Gasteiger partial charge in [0.25, 0.3) is 0 Å². The molecule has 2 aliphatic rings. The van der Waals surface area contributed by atoms with E-state index in [1.54, 1.807) is 6.92 Å². The summed E-state index contributed by atoms with van der Waals surface area (Å²) in [4.78, 5) is 22.5. The van der Waals surface area contributed by atoms with Gasteiger partial charge in [-0.1, -0.05) is 0 Å². The van der Waals surface area contributed by atoms with Crippen molar-refractivity contribution in [2.24, 2.45) is 5.92 Å². The highest BCUT2D eigenvalue weighted by atomic mass is 16.1. The Morgan fingerprint density at radius 3 is 3.05 bits per heavy atom. The Morgan fingerprint density at radius 2 is 2.30 bits per heavy atom. The van der Waals surface area contributed by atoms with Gasteiger partial charge in [0.15, 0.2) is 0 Å². The second-order valence-electron chi connectivity index (χ2n) is 5.94. The molecule has 2 heterocycles. The zero-order valence-corrected chi connectivity index (χ0v) is 12.0. The fourth-order valence-electron chi connectivity index (χ4n) is 2.81. The first kappa shape index (κ1) is 13.3. The molecule has 1 aromatic heterocycles. The molecule has 1 saturated heterocycles. The molecule has 1 N–H and O–H groups in total. The highest BCUT2D eigenvalue weighted by molar-refractivity contribution is 5.72. The molecule has 20 heavy (non-hydrogen) atoms. The topological polar surface area (TPSA) is 58.1 Å². The molecule has 0 radical (unpaired) electrons. The van der Waals surface area contributed by atoms with Crippen molar-refractivity contribution in [2.75, 3.05) is 24.5 Å². The first-order valence-electron chi connectivity index (χ1n) is 7.54. The van der Waals surface area contributed by atoms with Crippen LogP contribution in [0.2, 0.25) is 0 Å². The molecule has 1 saturated carbocycles. The minimum atomic E-state index is 0.0557. The van der Waals surface area contributed by atoms with Gasteiger partial charge in [-0.3, -0.25) is 4.79 Å². The van der Waals surface area contributed by atoms with Gasteiger partial charge in [-0.15, -0.1) is 0 Å². The Morgan fingerprint density at radius 1 is 1.45 bits per heavy atom. The minimum Gasteiger partial charge on any atom is -0.356 e. The van der Waals surface area contributed by atoms with E-state index in [1.165, 1.54) is 19.3 Å². The van der Waals surface area contributed by atoms with Crippen LogP contribution in [0.3, 0.4) is 0 Å². The summed E-state index contributed by atoms with van der Waals surface area (Å²) in [7, 11) is 0. The summed E-state index contributed by atoms with van der Waals surface area (Å²) >= 11 is 0. The molecule has 3 rings (SSSR count). The number of hydrogen-bond acceptors (Lipinski definition) is 4. The molecule has 1 aliphatic carbocycles. The molecule has 5 heteroatoms. The van der Waals surface area contributed by atoms with Crippen LogP contribution >= 0.6 is 0 Å². The van der Waals surface area contributed by atoms with E-state index >= 15 is 0 Å². The second-order valence-corrected chi connectivity index (χ2v) is 5.94. The normalized spacial score (nSPS) is 22.6. The molecule has 0 bridgehead atoms. The van der Waals surface area contributed by atoms with Crippen molar-refractivity contribution < 1.29 is 4.79 Å². The van der Waals surface area contributed by atoms with Crippen LogP contribution in [0.25, 0.3) is 0 Å². The van der Waals surface area contributed by atoms with Crippen molar-refractivity contribution in [1.82, 2.24) is 15.3 Å². The highest BCUT2D eigenvalue weighted by Crippen LogP contribution is 2.38. The molecule has 1 atom stereocenters. The highest BCUT2D eigenvalue weighted by Gasteiger charge is 2.28. The standard InChI is InChI=1S/C15H22N4O/c1-11(20)17-9-12-3-2-8-19(10-12)14-6-7-16-15(18-14)13-4-5-13/h6-7,12-13H,2-5,8-10H2,1H3,(H,17,20). The van der Waals surface area contributed by atoms with Crippen LogP contribution in [0.5, 0.6) is 0 Å². The smallest absolute Gasteiger partial charge is 0.216 e. The Kier molecular flexibility index (Phi) is 3.85. The third-order valence-electron chi connectivity index (χ3n) is 4.08. The van der Waals surface area contributed by atoms with E-state index < -0.39 is 0 Å². The molecule has 5 nitrogen and oxygen atoms in total. The lowest BCUT2D eigenvalue weighted by Crippen LogP contribution is -2.41. The Bertz CT molecular complexity index is 487. The lowest BCUT2D eigenvalue weighted by molar-refractivity contribution is -0.119. The lowest BCUT2D eigenvalue weighted by atomic mass is 9.98. The Balaban J connectivity index is 1.63. The first-order valence-corrected chi connectivity index (χ1v) is 7.54. The first-order chi connectivity index (χ1) is 9.72. The molecule has 1 aromatic rings. The van der Waals surface area contributed by atoms with Crippen LogP contribution < -0.4 is 10.2 Å². The average Bonchev–Trinajstić information content (AvgIpc) is 3.30. The number of nitrogens with one attached hydrogen (secondary N) is 1. The number of piperidine rings is 1. The number of hydrogen-bond donors (Lipinski definition) is 1. The average molecular weight is 274 g/mol. The zero-order chi connectivity index (χ0) is 13.9. The van der Waals surface area contributed by atoms with Crippen molar-refractivity contribution in [2.45, 2.75) is 38.5 Å². The fraction of sp³-hybridized carbons (Fsp3) is 0.667. The maximum absolute atomic E-state index is 11.0. The van der Waals surface area contributed by atoms with Gasteiger partial charge >= 0.3 is 0 Å². The molecule has 0 aromatic carbocycles. The van der Waals surface area contributed by atoms with E-state index in [1.807, 2.05) is 12.3 Å². The minimum absolute atomic E-state index is 0.0557. The number of carbonyl (C=O) groups excluding carboxylic acids is 1. The number of nitrogens with zero attached hydrogens (tertiary/aromatic N) is 3. The van der Waals surface area contributed by atoms with Crippen molar-refractivity contribution in [3.05, 3.63) is 18.1 Å². The van der Waals surface area contributed by atoms with Gasteiger partial charge in [0.05, 0.1) is 0 Å². The quantitative estimate of drug-likeness (QED) is 0.908. The van der Waals surface area contributed by atoms with Gasteiger partial charge in [-0.25, -0.2) is 9.97 Å². The van der Waals surface area contributed by atoms with E-state index in [4.69, 9.17) is 4.98 Å². The molecular formula is C15H22N4O. The fourth-order valence-corrected chi connectivity index (χ4v) is 2.81. The summed E-state index contributed by atoms with van der Waals surface area (Å²) in [5.41, 5.74) is 0. The predicted octanol–water partition coefficient (Wildman–Crippen LogP) is 1.71. The number of amides is 1. The maximum atomic E-state index is 11.0. The summed E-state index contributed by atoms with van der Waals surface area (Å²) < 4.78 is 0. The van der Waals surface area contributed by atoms with Crippen molar-refractivity contribution >= 4 is 11.7 Å². The van der Waals surface area contributed by atoms with E-state index in [9.17, 15) is 4.79 Å². The molecule has 1 amide bonds. The van der Waals surface area contributed by atoms with Gasteiger partial charge < -0.3 is 10.2 Å². The van der Waals surface area contributed by atoms with Crippen molar-refractivity contribution in [3.8, 4) is 0 Å². The summed E-state index contributed by atoms with van der Waals surface area (Å²) in [6, 6.07) is 2.01. The van der Waals surface area contributed by atoms with E-state index in [2.05, 4.69) is 15.2 Å². The van der Waals surface area contributed by atoms with Crippen LogP contribution in [0.1, 0.15) is 44.3 Å². The summed E-state index contributed by atoms with van der Waals surface area (Å²) in [6.07, 6.45) is 6.68. The number of anilines is 1. The number of rotatable bonds is 4. The number of carbonyl (C=O) groups is 1. The van der Waals surface area contributed by atoms with Gasteiger partial charge in [0.2, 0.25) is 5.91 Å². The third-order valence-corrected chi connectivity index (χ3v) is 4.08. The number of aromatic nitrogens is 2. The van der Waals surface area contributed by atoms with E-state index in [-0.39, 0.29) is 5.91 Å². The van der Waals surface area contributed by atoms with Crippen molar-refractivity contribution in [3.63, 3.8) is 0 Å². The molecule has 2 fully saturated rings. The molecule has 1 unspecified atom stereocenters. The van der Waals surface area contributed by atoms with Gasteiger partial charge in [0.1, 0.15) is 11.6 Å². The predicted molar refractivity (Wildman–Crippen MR) is 77.6 cm³/mol. The molecule has 108 valence electrons. The van der Waals surface area contributed by atoms with E-state index in [0.29, 0.717) is 11.8 Å². The SMILES string of the molecule is CC(=O)NCC1CCCN(c2ccnc(C3CC3)n2)C1. The van der Waals surface area contributed by atoms with Crippen molar-refractivity contribution in [1.29, 1.82) is 0 Å². The molecule has 0 spiro atoms.